The highest BCUT2D eigenvalue weighted by atomic mass is 16.3. The lowest BCUT2D eigenvalue weighted by molar-refractivity contribution is 0.662. The molecule has 1 heteroatoms. The van der Waals surface area contributed by atoms with Crippen LogP contribution in [0.2, 0.25) is 0 Å². The van der Waals surface area contributed by atoms with E-state index in [0.29, 0.717) is 0 Å². The number of furan rings is 1. The van der Waals surface area contributed by atoms with Crippen LogP contribution < -0.4 is 0 Å². The Morgan fingerprint density at radius 3 is 1.62 bits per heavy atom. The van der Waals surface area contributed by atoms with Crippen molar-refractivity contribution in [2.75, 3.05) is 0 Å². The summed E-state index contributed by atoms with van der Waals surface area (Å²) in [6.07, 6.45) is 0. The van der Waals surface area contributed by atoms with Gasteiger partial charge in [-0.2, -0.15) is 0 Å². The fourth-order valence-corrected chi connectivity index (χ4v) is 10.3. The molecule has 58 heavy (non-hydrogen) atoms. The molecule has 1 heterocycles. The Kier molecular flexibility index (Phi) is 7.04. The van der Waals surface area contributed by atoms with Crippen molar-refractivity contribution < 1.29 is 4.42 Å². The minimum atomic E-state index is -0.142. The van der Waals surface area contributed by atoms with Crippen LogP contribution in [0.4, 0.5) is 0 Å². The summed E-state index contributed by atoms with van der Waals surface area (Å²) in [5.41, 5.74) is 17.0. The first-order valence-corrected chi connectivity index (χ1v) is 20.3. The predicted octanol–water partition coefficient (Wildman–Crippen LogP) is 16.0. The topological polar surface area (TPSA) is 13.1 Å². The van der Waals surface area contributed by atoms with E-state index in [9.17, 15) is 0 Å². The third kappa shape index (κ3) is 4.71. The van der Waals surface area contributed by atoms with Crippen molar-refractivity contribution in [2.24, 2.45) is 0 Å². The number of hydrogen-bond donors (Lipinski definition) is 0. The van der Waals surface area contributed by atoms with Gasteiger partial charge in [0.05, 0.1) is 0 Å². The number of fused-ring (bicyclic) bond motifs is 10. The van der Waals surface area contributed by atoms with Crippen LogP contribution in [0.5, 0.6) is 0 Å². The van der Waals surface area contributed by atoms with Crippen LogP contribution in [-0.2, 0) is 5.41 Å². The van der Waals surface area contributed by atoms with Gasteiger partial charge in [-0.3, -0.25) is 0 Å². The molecule has 0 radical (unpaired) electrons. The summed E-state index contributed by atoms with van der Waals surface area (Å²) in [5, 5.41) is 9.91. The largest absolute Gasteiger partial charge is 0.455 e. The van der Waals surface area contributed by atoms with Gasteiger partial charge in [-0.25, -0.2) is 0 Å². The van der Waals surface area contributed by atoms with Crippen LogP contribution in [0, 0.1) is 0 Å². The Bertz CT molecular complexity index is 3410. The lowest BCUT2D eigenvalue weighted by atomic mass is 9.78. The van der Waals surface area contributed by atoms with E-state index in [-0.39, 0.29) is 5.41 Å². The van der Waals surface area contributed by atoms with Crippen molar-refractivity contribution in [1.82, 2.24) is 0 Å². The molecule has 0 fully saturated rings. The molecule has 0 saturated carbocycles. The zero-order chi connectivity index (χ0) is 38.5. The van der Waals surface area contributed by atoms with Gasteiger partial charge >= 0.3 is 0 Å². The van der Waals surface area contributed by atoms with Gasteiger partial charge in [0.25, 0.3) is 0 Å². The van der Waals surface area contributed by atoms with Gasteiger partial charge in [-0.05, 0) is 106 Å². The number of rotatable bonds is 4. The second-order valence-electron chi connectivity index (χ2n) is 16.3. The molecule has 0 N–H and O–H groups in total. The first kappa shape index (κ1) is 33.0. The summed E-state index contributed by atoms with van der Waals surface area (Å²) in [6.45, 7) is 4.79. The van der Waals surface area contributed by atoms with Crippen molar-refractivity contribution >= 4 is 54.3 Å². The van der Waals surface area contributed by atoms with E-state index < -0.39 is 0 Å². The van der Waals surface area contributed by atoms with Crippen LogP contribution in [0.15, 0.2) is 199 Å². The SMILES string of the molecule is CC1(C)c2ccc3ccccc3c2-c2cccc(-c3cccc(-c4c5ccccc5c(-c5ccc(-c6cccc7c6oc6ccccc67)cc5)c5ccccc45)c3)c21. The van der Waals surface area contributed by atoms with Crippen molar-refractivity contribution in [3.63, 3.8) is 0 Å². The molecule has 0 saturated heterocycles. The molecule has 0 bridgehead atoms. The van der Waals surface area contributed by atoms with Gasteiger partial charge < -0.3 is 4.42 Å². The smallest absolute Gasteiger partial charge is 0.143 e. The molecular weight excluding hydrogens is 701 g/mol. The molecule has 0 unspecified atom stereocenters. The molecule has 1 aliphatic carbocycles. The van der Waals surface area contributed by atoms with E-state index in [1.807, 2.05) is 12.1 Å². The molecule has 1 aliphatic rings. The summed E-state index contributed by atoms with van der Waals surface area (Å²) in [7, 11) is 0. The maximum Gasteiger partial charge on any atom is 0.143 e. The van der Waals surface area contributed by atoms with E-state index in [2.05, 4.69) is 196 Å². The first-order valence-electron chi connectivity index (χ1n) is 20.3. The normalized spacial score (nSPS) is 13.1. The molecule has 1 nitrogen and oxygen atoms in total. The predicted molar refractivity (Wildman–Crippen MR) is 246 cm³/mol. The highest BCUT2D eigenvalue weighted by Crippen LogP contribution is 2.54. The second-order valence-corrected chi connectivity index (χ2v) is 16.3. The second kappa shape index (κ2) is 12.4. The minimum absolute atomic E-state index is 0.142. The number of hydrogen-bond acceptors (Lipinski definition) is 1. The Morgan fingerprint density at radius 2 is 0.879 bits per heavy atom. The fourth-order valence-electron chi connectivity index (χ4n) is 10.3. The Balaban J connectivity index is 1.01. The molecule has 0 atom stereocenters. The molecule has 12 rings (SSSR count). The molecule has 0 amide bonds. The molecular formula is C57H38O. The average Bonchev–Trinajstić information content (AvgIpc) is 3.78. The molecule has 11 aromatic rings. The van der Waals surface area contributed by atoms with Gasteiger partial charge in [0.15, 0.2) is 0 Å². The fraction of sp³-hybridized carbons (Fsp3) is 0.0526. The Hall–Kier alpha value is -7.22. The quantitative estimate of drug-likeness (QED) is 0.164. The van der Waals surface area contributed by atoms with Crippen LogP contribution in [-0.4, -0.2) is 0 Å². The van der Waals surface area contributed by atoms with Gasteiger partial charge in [0, 0.05) is 21.8 Å². The standard InChI is InChI=1S/C57H38O/c1-57(2)50-33-32-35-14-3-4-17-40(35)54(50)49-26-12-23-41(55(49)57)38-15-11-16-39(34-38)53-46-21-7-5-19-44(46)52(45-20-6-8-22-47(45)53)37-30-28-36(29-31-37)42-24-13-25-48-43-18-9-10-27-51(43)58-56(42)48/h3-34H,1-2H3. The molecule has 272 valence electrons. The average molecular weight is 739 g/mol. The molecule has 1 aromatic heterocycles. The summed E-state index contributed by atoms with van der Waals surface area (Å²) in [4.78, 5) is 0. The summed E-state index contributed by atoms with van der Waals surface area (Å²) < 4.78 is 6.42. The van der Waals surface area contributed by atoms with Crippen LogP contribution >= 0.6 is 0 Å². The highest BCUT2D eigenvalue weighted by Gasteiger charge is 2.38. The third-order valence-electron chi connectivity index (χ3n) is 12.8. The minimum Gasteiger partial charge on any atom is -0.455 e. The third-order valence-corrected chi connectivity index (χ3v) is 12.8. The van der Waals surface area contributed by atoms with Gasteiger partial charge in [0.1, 0.15) is 11.2 Å². The van der Waals surface area contributed by atoms with Gasteiger partial charge in [-0.1, -0.05) is 196 Å². The first-order chi connectivity index (χ1) is 28.5. The number of benzene rings is 10. The molecule has 0 aliphatic heterocycles. The van der Waals surface area contributed by atoms with Crippen LogP contribution in [0.25, 0.3) is 110 Å². The van der Waals surface area contributed by atoms with E-state index in [1.165, 1.54) is 88.0 Å². The Morgan fingerprint density at radius 1 is 0.345 bits per heavy atom. The lowest BCUT2D eigenvalue weighted by Crippen LogP contribution is -2.16. The highest BCUT2D eigenvalue weighted by molar-refractivity contribution is 6.21. The zero-order valence-electron chi connectivity index (χ0n) is 32.4. The van der Waals surface area contributed by atoms with Crippen molar-refractivity contribution in [2.45, 2.75) is 19.3 Å². The van der Waals surface area contributed by atoms with E-state index in [1.54, 1.807) is 0 Å². The van der Waals surface area contributed by atoms with Gasteiger partial charge in [-0.15, -0.1) is 0 Å². The van der Waals surface area contributed by atoms with E-state index in [4.69, 9.17) is 4.42 Å². The van der Waals surface area contributed by atoms with Crippen molar-refractivity contribution in [1.29, 1.82) is 0 Å². The monoisotopic (exact) mass is 738 g/mol. The Labute approximate surface area is 337 Å². The van der Waals surface area contributed by atoms with Crippen LogP contribution in [0.1, 0.15) is 25.0 Å². The molecule has 0 spiro atoms. The summed E-state index contributed by atoms with van der Waals surface area (Å²) in [5.74, 6) is 0. The van der Waals surface area contributed by atoms with E-state index >= 15 is 0 Å². The van der Waals surface area contributed by atoms with Crippen molar-refractivity contribution in [3.05, 3.63) is 205 Å². The van der Waals surface area contributed by atoms with Crippen LogP contribution in [0.3, 0.4) is 0 Å². The summed E-state index contributed by atoms with van der Waals surface area (Å²) >= 11 is 0. The maximum atomic E-state index is 6.42. The maximum absolute atomic E-state index is 6.42. The van der Waals surface area contributed by atoms with Gasteiger partial charge in [0.2, 0.25) is 0 Å². The summed E-state index contributed by atoms with van der Waals surface area (Å²) in [6, 6.07) is 71.3. The van der Waals surface area contributed by atoms with Crippen molar-refractivity contribution in [3.8, 4) is 55.6 Å². The van der Waals surface area contributed by atoms with E-state index in [0.717, 1.165) is 33.1 Å². The zero-order valence-corrected chi connectivity index (χ0v) is 32.4. The number of para-hydroxylation sites is 2. The lowest BCUT2D eigenvalue weighted by Gasteiger charge is -2.25. The molecule has 10 aromatic carbocycles.